The van der Waals surface area contributed by atoms with Crippen molar-refractivity contribution < 1.29 is 4.79 Å². The molecular formula is C21H17N3OS. The van der Waals surface area contributed by atoms with Gasteiger partial charge in [0.15, 0.2) is 5.17 Å². The lowest BCUT2D eigenvalue weighted by Crippen LogP contribution is -2.29. The van der Waals surface area contributed by atoms with E-state index in [1.54, 1.807) is 11.1 Å². The highest BCUT2D eigenvalue weighted by atomic mass is 32.2. The number of nitrogens with zero attached hydrogens (tertiary/aromatic N) is 3. The van der Waals surface area contributed by atoms with Crippen LogP contribution in [0.4, 0.5) is 5.69 Å². The predicted molar refractivity (Wildman–Crippen MR) is 110 cm³/mol. The number of fused-ring (bicyclic) bond motifs is 1. The third kappa shape index (κ3) is 3.13. The second-order valence-corrected chi connectivity index (χ2v) is 6.94. The minimum absolute atomic E-state index is 0.0309. The standard InChI is InChI=1S/C21H17N3OS/c1-15-7-2-5-12-19(15)24-20(25)14-26-21(24)23-22-13-17-10-6-9-16-8-3-4-11-18(16)17/h2-13H,14H2,1H3. The minimum atomic E-state index is 0.0309. The molecule has 128 valence electrons. The van der Waals surface area contributed by atoms with Gasteiger partial charge in [0.05, 0.1) is 17.7 Å². The summed E-state index contributed by atoms with van der Waals surface area (Å²) in [7, 11) is 0. The second-order valence-electron chi connectivity index (χ2n) is 6.00. The Morgan fingerprint density at radius 1 is 1.00 bits per heavy atom. The minimum Gasteiger partial charge on any atom is -0.273 e. The van der Waals surface area contributed by atoms with E-state index >= 15 is 0 Å². The lowest BCUT2D eigenvalue weighted by molar-refractivity contribution is -0.115. The second kappa shape index (κ2) is 7.14. The van der Waals surface area contributed by atoms with Crippen molar-refractivity contribution >= 4 is 45.5 Å². The van der Waals surface area contributed by atoms with Crippen molar-refractivity contribution in [2.75, 3.05) is 10.7 Å². The van der Waals surface area contributed by atoms with Crippen molar-refractivity contribution in [2.24, 2.45) is 10.2 Å². The first-order valence-corrected chi connectivity index (χ1v) is 9.33. The van der Waals surface area contributed by atoms with Crippen LogP contribution in [0.3, 0.4) is 0 Å². The molecule has 0 unspecified atom stereocenters. The highest BCUT2D eigenvalue weighted by Crippen LogP contribution is 2.29. The third-order valence-corrected chi connectivity index (χ3v) is 5.20. The van der Waals surface area contributed by atoms with Gasteiger partial charge in [-0.25, -0.2) is 0 Å². The van der Waals surface area contributed by atoms with Gasteiger partial charge in [-0.2, -0.15) is 5.10 Å². The van der Waals surface area contributed by atoms with Crippen LogP contribution in [0.1, 0.15) is 11.1 Å². The molecule has 0 saturated carbocycles. The van der Waals surface area contributed by atoms with Crippen molar-refractivity contribution in [1.29, 1.82) is 0 Å². The molecule has 1 amide bonds. The molecule has 4 rings (SSSR count). The highest BCUT2D eigenvalue weighted by molar-refractivity contribution is 8.15. The Hall–Kier alpha value is -2.92. The summed E-state index contributed by atoms with van der Waals surface area (Å²) >= 11 is 1.41. The monoisotopic (exact) mass is 359 g/mol. The van der Waals surface area contributed by atoms with E-state index in [0.717, 1.165) is 27.6 Å². The topological polar surface area (TPSA) is 45.0 Å². The van der Waals surface area contributed by atoms with Crippen LogP contribution in [0, 0.1) is 6.92 Å². The van der Waals surface area contributed by atoms with E-state index in [2.05, 4.69) is 28.4 Å². The Kier molecular flexibility index (Phi) is 4.54. The maximum Gasteiger partial charge on any atom is 0.243 e. The van der Waals surface area contributed by atoms with Crippen LogP contribution in [-0.4, -0.2) is 23.0 Å². The molecule has 0 radical (unpaired) electrons. The van der Waals surface area contributed by atoms with Crippen molar-refractivity contribution in [3.05, 3.63) is 77.9 Å². The largest absolute Gasteiger partial charge is 0.273 e. The summed E-state index contributed by atoms with van der Waals surface area (Å²) in [5, 5.41) is 11.5. The number of hydrogen-bond donors (Lipinski definition) is 0. The van der Waals surface area contributed by atoms with Crippen LogP contribution in [0.5, 0.6) is 0 Å². The maximum absolute atomic E-state index is 12.3. The molecule has 0 atom stereocenters. The van der Waals surface area contributed by atoms with Crippen molar-refractivity contribution in [3.63, 3.8) is 0 Å². The fourth-order valence-electron chi connectivity index (χ4n) is 2.99. The van der Waals surface area contributed by atoms with Crippen LogP contribution in [0.25, 0.3) is 10.8 Å². The Bertz CT molecular complexity index is 1040. The zero-order valence-corrected chi connectivity index (χ0v) is 15.1. The summed E-state index contributed by atoms with van der Waals surface area (Å²) in [5.74, 6) is 0.417. The Morgan fingerprint density at radius 3 is 2.65 bits per heavy atom. The normalized spacial score (nSPS) is 16.3. The van der Waals surface area contributed by atoms with Gasteiger partial charge in [-0.15, -0.1) is 5.10 Å². The highest BCUT2D eigenvalue weighted by Gasteiger charge is 2.30. The number of carbonyl (C=O) groups excluding carboxylic acids is 1. The van der Waals surface area contributed by atoms with Crippen molar-refractivity contribution in [3.8, 4) is 0 Å². The third-order valence-electron chi connectivity index (χ3n) is 4.29. The summed E-state index contributed by atoms with van der Waals surface area (Å²) in [6.45, 7) is 1.99. The maximum atomic E-state index is 12.3. The molecule has 3 aromatic rings. The van der Waals surface area contributed by atoms with E-state index < -0.39 is 0 Å². The molecule has 1 heterocycles. The lowest BCUT2D eigenvalue weighted by Gasteiger charge is -2.17. The number of carbonyl (C=O) groups is 1. The van der Waals surface area contributed by atoms with E-state index in [1.807, 2.05) is 55.5 Å². The summed E-state index contributed by atoms with van der Waals surface area (Å²) in [6, 6.07) is 22.1. The summed E-state index contributed by atoms with van der Waals surface area (Å²) < 4.78 is 0. The van der Waals surface area contributed by atoms with Gasteiger partial charge in [0.25, 0.3) is 0 Å². The summed E-state index contributed by atoms with van der Waals surface area (Å²) in [6.07, 6.45) is 1.74. The average molecular weight is 359 g/mol. The van der Waals surface area contributed by atoms with Crippen molar-refractivity contribution in [1.82, 2.24) is 0 Å². The predicted octanol–water partition coefficient (Wildman–Crippen LogP) is 4.62. The fourth-order valence-corrected chi connectivity index (χ4v) is 3.81. The molecule has 0 spiro atoms. The molecule has 1 fully saturated rings. The SMILES string of the molecule is Cc1ccccc1N1C(=O)CSC1=NN=Cc1cccc2ccccc12. The number of amidine groups is 1. The summed E-state index contributed by atoms with van der Waals surface area (Å²) in [5.41, 5.74) is 2.90. The van der Waals surface area contributed by atoms with Gasteiger partial charge >= 0.3 is 0 Å². The molecule has 26 heavy (non-hydrogen) atoms. The first-order valence-electron chi connectivity index (χ1n) is 8.34. The number of para-hydroxylation sites is 1. The average Bonchev–Trinajstić information content (AvgIpc) is 3.03. The Labute approximate surface area is 156 Å². The van der Waals surface area contributed by atoms with E-state index in [9.17, 15) is 4.79 Å². The zero-order valence-electron chi connectivity index (χ0n) is 14.3. The Balaban J connectivity index is 1.66. The van der Waals surface area contributed by atoms with Crippen LogP contribution >= 0.6 is 11.8 Å². The molecule has 5 heteroatoms. The van der Waals surface area contributed by atoms with Crippen molar-refractivity contribution in [2.45, 2.75) is 6.92 Å². The number of aryl methyl sites for hydroxylation is 1. The van der Waals surface area contributed by atoms with Gasteiger partial charge in [0.2, 0.25) is 5.91 Å². The number of thioether (sulfide) groups is 1. The first-order chi connectivity index (χ1) is 12.7. The van der Waals surface area contributed by atoms with Gasteiger partial charge in [0.1, 0.15) is 0 Å². The van der Waals surface area contributed by atoms with Crippen LogP contribution in [-0.2, 0) is 4.79 Å². The van der Waals surface area contributed by atoms with Gasteiger partial charge in [-0.05, 0) is 29.3 Å². The first kappa shape index (κ1) is 16.5. The zero-order chi connectivity index (χ0) is 17.9. The molecule has 0 bridgehead atoms. The van der Waals surface area contributed by atoms with E-state index in [1.165, 1.54) is 11.8 Å². The number of amides is 1. The number of hydrogen-bond acceptors (Lipinski definition) is 4. The number of anilines is 1. The molecule has 0 aliphatic carbocycles. The molecule has 0 N–H and O–H groups in total. The van der Waals surface area contributed by atoms with Gasteiger partial charge in [-0.3, -0.25) is 9.69 Å². The quantitative estimate of drug-likeness (QED) is 0.506. The summed E-state index contributed by atoms with van der Waals surface area (Å²) in [4.78, 5) is 14.0. The molecule has 4 nitrogen and oxygen atoms in total. The smallest absolute Gasteiger partial charge is 0.243 e. The number of benzene rings is 3. The molecule has 1 saturated heterocycles. The van der Waals surface area contributed by atoms with E-state index in [4.69, 9.17) is 0 Å². The van der Waals surface area contributed by atoms with E-state index in [0.29, 0.717) is 10.9 Å². The van der Waals surface area contributed by atoms with Crippen LogP contribution in [0.15, 0.2) is 76.9 Å². The van der Waals surface area contributed by atoms with Crippen LogP contribution < -0.4 is 4.90 Å². The van der Waals surface area contributed by atoms with E-state index in [-0.39, 0.29) is 5.91 Å². The lowest BCUT2D eigenvalue weighted by atomic mass is 10.1. The molecule has 0 aromatic heterocycles. The molecular weight excluding hydrogens is 342 g/mol. The van der Waals surface area contributed by atoms with Gasteiger partial charge < -0.3 is 0 Å². The Morgan fingerprint density at radius 2 is 1.77 bits per heavy atom. The molecule has 1 aliphatic rings. The fraction of sp³-hybridized carbons (Fsp3) is 0.0952. The molecule has 3 aromatic carbocycles. The number of rotatable bonds is 3. The van der Waals surface area contributed by atoms with Crippen LogP contribution in [0.2, 0.25) is 0 Å². The van der Waals surface area contributed by atoms with Gasteiger partial charge in [0, 0.05) is 5.56 Å². The molecule has 1 aliphatic heterocycles. The van der Waals surface area contributed by atoms with Gasteiger partial charge in [-0.1, -0.05) is 72.4 Å².